The van der Waals surface area contributed by atoms with E-state index < -0.39 is 11.6 Å². The van der Waals surface area contributed by atoms with E-state index in [1.807, 2.05) is 0 Å². The summed E-state index contributed by atoms with van der Waals surface area (Å²) in [5.74, 6) is 0.744. The Labute approximate surface area is 150 Å². The van der Waals surface area contributed by atoms with Gasteiger partial charge >= 0.3 is 0 Å². The molecule has 0 spiro atoms. The first-order valence-electron chi connectivity index (χ1n) is 8.26. The van der Waals surface area contributed by atoms with Crippen molar-refractivity contribution in [3.8, 4) is 11.4 Å². The highest BCUT2D eigenvalue weighted by Crippen LogP contribution is 2.24. The molecule has 3 aromatic rings. The fourth-order valence-electron chi connectivity index (χ4n) is 2.30. The molecule has 2 heterocycles. The summed E-state index contributed by atoms with van der Waals surface area (Å²) >= 11 is 0. The van der Waals surface area contributed by atoms with Crippen LogP contribution in [0.3, 0.4) is 0 Å². The molecule has 3 rings (SSSR count). The second-order valence-corrected chi connectivity index (χ2v) is 6.23. The Bertz CT molecular complexity index is 899. The van der Waals surface area contributed by atoms with Crippen molar-refractivity contribution in [2.24, 2.45) is 5.92 Å². The summed E-state index contributed by atoms with van der Waals surface area (Å²) in [7, 11) is 0. The minimum Gasteiger partial charge on any atom is -0.370 e. The standard InChI is InChI=1S/C19H19F2N5/c1-12(2)9-23-17-8-18(24-14-7-13(20)10-22-11-14)26-19(25-17)15-5-3-4-6-16(15)21/h3-8,10-12H,9H2,1-2H3,(H2,23,24,25,26). The van der Waals surface area contributed by atoms with Crippen LogP contribution in [0.5, 0.6) is 0 Å². The number of anilines is 3. The van der Waals surface area contributed by atoms with Crippen molar-refractivity contribution >= 4 is 17.3 Å². The quantitative estimate of drug-likeness (QED) is 0.675. The molecule has 0 fully saturated rings. The second-order valence-electron chi connectivity index (χ2n) is 6.23. The normalized spacial score (nSPS) is 10.8. The van der Waals surface area contributed by atoms with E-state index in [2.05, 4.69) is 39.4 Å². The summed E-state index contributed by atoms with van der Waals surface area (Å²) in [4.78, 5) is 12.6. The van der Waals surface area contributed by atoms with Crippen LogP contribution in [0, 0.1) is 17.6 Å². The molecule has 0 bridgehead atoms. The minimum atomic E-state index is -0.462. The maximum atomic E-state index is 14.2. The number of nitrogens with zero attached hydrogens (tertiary/aromatic N) is 3. The smallest absolute Gasteiger partial charge is 0.166 e. The number of nitrogens with one attached hydrogen (secondary N) is 2. The molecule has 0 saturated carbocycles. The number of benzene rings is 1. The highest BCUT2D eigenvalue weighted by Gasteiger charge is 2.11. The van der Waals surface area contributed by atoms with Crippen molar-refractivity contribution in [1.82, 2.24) is 15.0 Å². The summed E-state index contributed by atoms with van der Waals surface area (Å²) in [5.41, 5.74) is 0.735. The van der Waals surface area contributed by atoms with E-state index in [0.29, 0.717) is 35.3 Å². The lowest BCUT2D eigenvalue weighted by molar-refractivity contribution is 0.622. The number of pyridine rings is 1. The first-order valence-corrected chi connectivity index (χ1v) is 8.26. The van der Waals surface area contributed by atoms with Crippen molar-refractivity contribution in [2.45, 2.75) is 13.8 Å². The van der Waals surface area contributed by atoms with Gasteiger partial charge in [-0.05, 0) is 18.1 Å². The van der Waals surface area contributed by atoms with E-state index in [-0.39, 0.29) is 5.82 Å². The average molecular weight is 355 g/mol. The maximum Gasteiger partial charge on any atom is 0.166 e. The third-order valence-electron chi connectivity index (χ3n) is 3.51. The predicted octanol–water partition coefficient (Wildman–Crippen LogP) is 4.63. The first kappa shape index (κ1) is 17.7. The highest BCUT2D eigenvalue weighted by atomic mass is 19.1. The largest absolute Gasteiger partial charge is 0.370 e. The summed E-state index contributed by atoms with van der Waals surface area (Å²) in [6.07, 6.45) is 2.60. The topological polar surface area (TPSA) is 62.7 Å². The predicted molar refractivity (Wildman–Crippen MR) is 98.2 cm³/mol. The van der Waals surface area contributed by atoms with Crippen LogP contribution in [0.15, 0.2) is 48.8 Å². The van der Waals surface area contributed by atoms with Gasteiger partial charge in [0.1, 0.15) is 23.3 Å². The fourth-order valence-corrected chi connectivity index (χ4v) is 2.30. The molecule has 134 valence electrons. The third-order valence-corrected chi connectivity index (χ3v) is 3.51. The molecule has 0 aliphatic heterocycles. The van der Waals surface area contributed by atoms with Crippen molar-refractivity contribution < 1.29 is 8.78 Å². The molecular formula is C19H19F2N5. The molecule has 2 N–H and O–H groups in total. The number of aromatic nitrogens is 3. The lowest BCUT2D eigenvalue weighted by atomic mass is 10.2. The summed E-state index contributed by atoms with van der Waals surface area (Å²) in [6.45, 7) is 4.85. The zero-order valence-corrected chi connectivity index (χ0v) is 14.5. The van der Waals surface area contributed by atoms with Crippen LogP contribution in [0.25, 0.3) is 11.4 Å². The Hall–Kier alpha value is -3.09. The van der Waals surface area contributed by atoms with Crippen LogP contribution in [0.1, 0.15) is 13.8 Å². The van der Waals surface area contributed by atoms with E-state index in [0.717, 1.165) is 6.20 Å². The molecule has 0 aliphatic carbocycles. The summed E-state index contributed by atoms with van der Waals surface area (Å²) in [5, 5.41) is 6.19. The van der Waals surface area contributed by atoms with Gasteiger partial charge in [-0.1, -0.05) is 26.0 Å². The van der Waals surface area contributed by atoms with Gasteiger partial charge in [0, 0.05) is 18.7 Å². The Balaban J connectivity index is 1.98. The van der Waals surface area contributed by atoms with E-state index in [9.17, 15) is 8.78 Å². The summed E-state index contributed by atoms with van der Waals surface area (Å²) < 4.78 is 27.5. The third kappa shape index (κ3) is 4.50. The van der Waals surface area contributed by atoms with E-state index in [1.165, 1.54) is 18.3 Å². The Morgan fingerprint density at radius 1 is 1.00 bits per heavy atom. The lowest BCUT2D eigenvalue weighted by Gasteiger charge is -2.13. The van der Waals surface area contributed by atoms with E-state index >= 15 is 0 Å². The molecule has 5 nitrogen and oxygen atoms in total. The van der Waals surface area contributed by atoms with Gasteiger partial charge in [-0.15, -0.1) is 0 Å². The van der Waals surface area contributed by atoms with Gasteiger partial charge in [0.05, 0.1) is 23.6 Å². The van der Waals surface area contributed by atoms with Gasteiger partial charge in [0.25, 0.3) is 0 Å². The van der Waals surface area contributed by atoms with Crippen LogP contribution in [0.2, 0.25) is 0 Å². The molecule has 26 heavy (non-hydrogen) atoms. The molecule has 0 atom stereocenters. The number of hydrogen-bond acceptors (Lipinski definition) is 5. The monoisotopic (exact) mass is 355 g/mol. The lowest BCUT2D eigenvalue weighted by Crippen LogP contribution is -2.11. The molecular weight excluding hydrogens is 336 g/mol. The molecule has 0 aliphatic rings. The zero-order valence-electron chi connectivity index (χ0n) is 14.5. The zero-order chi connectivity index (χ0) is 18.5. The Morgan fingerprint density at radius 2 is 1.77 bits per heavy atom. The van der Waals surface area contributed by atoms with Crippen molar-refractivity contribution in [1.29, 1.82) is 0 Å². The Kier molecular flexibility index (Phi) is 5.36. The molecule has 0 amide bonds. The van der Waals surface area contributed by atoms with Gasteiger partial charge < -0.3 is 10.6 Å². The van der Waals surface area contributed by atoms with E-state index in [1.54, 1.807) is 24.3 Å². The van der Waals surface area contributed by atoms with Gasteiger partial charge in [-0.25, -0.2) is 18.7 Å². The molecule has 1 aromatic carbocycles. The molecule has 2 aromatic heterocycles. The SMILES string of the molecule is CC(C)CNc1cc(Nc2cncc(F)c2)nc(-c2ccccc2F)n1. The Morgan fingerprint density at radius 3 is 2.50 bits per heavy atom. The van der Waals surface area contributed by atoms with Crippen molar-refractivity contribution in [2.75, 3.05) is 17.2 Å². The first-order chi connectivity index (χ1) is 12.5. The van der Waals surface area contributed by atoms with Crippen LogP contribution in [0.4, 0.5) is 26.1 Å². The average Bonchev–Trinajstić information content (AvgIpc) is 2.60. The summed E-state index contributed by atoms with van der Waals surface area (Å²) in [6, 6.07) is 9.30. The number of hydrogen-bond donors (Lipinski definition) is 2. The van der Waals surface area contributed by atoms with Gasteiger partial charge in [-0.3, -0.25) is 4.98 Å². The molecule has 0 unspecified atom stereocenters. The van der Waals surface area contributed by atoms with Crippen LogP contribution in [-0.2, 0) is 0 Å². The van der Waals surface area contributed by atoms with Gasteiger partial charge in [0.2, 0.25) is 0 Å². The highest BCUT2D eigenvalue weighted by molar-refractivity contribution is 5.65. The van der Waals surface area contributed by atoms with Crippen LogP contribution < -0.4 is 10.6 Å². The molecule has 7 heteroatoms. The van der Waals surface area contributed by atoms with Crippen LogP contribution >= 0.6 is 0 Å². The second kappa shape index (κ2) is 7.86. The number of halogens is 2. The van der Waals surface area contributed by atoms with Crippen LogP contribution in [-0.4, -0.2) is 21.5 Å². The fraction of sp³-hybridized carbons (Fsp3) is 0.211. The van der Waals surface area contributed by atoms with Gasteiger partial charge in [-0.2, -0.15) is 0 Å². The van der Waals surface area contributed by atoms with Gasteiger partial charge in [0.15, 0.2) is 5.82 Å². The van der Waals surface area contributed by atoms with Crippen molar-refractivity contribution in [3.05, 3.63) is 60.4 Å². The molecule has 0 saturated heterocycles. The maximum absolute atomic E-state index is 14.2. The number of rotatable bonds is 6. The molecule has 0 radical (unpaired) electrons. The van der Waals surface area contributed by atoms with E-state index in [4.69, 9.17) is 0 Å². The minimum absolute atomic E-state index is 0.240. The van der Waals surface area contributed by atoms with Crippen molar-refractivity contribution in [3.63, 3.8) is 0 Å².